The lowest BCUT2D eigenvalue weighted by Gasteiger charge is -2.37. The van der Waals surface area contributed by atoms with E-state index >= 15 is 0 Å². The number of amides is 2. The molecule has 168 valence electrons. The van der Waals surface area contributed by atoms with Gasteiger partial charge in [0.15, 0.2) is 0 Å². The van der Waals surface area contributed by atoms with Crippen LogP contribution in [0.5, 0.6) is 5.75 Å². The summed E-state index contributed by atoms with van der Waals surface area (Å²) in [5, 5.41) is 0. The molecule has 2 aromatic rings. The summed E-state index contributed by atoms with van der Waals surface area (Å²) in [6.07, 6.45) is 1.13. The Morgan fingerprint density at radius 2 is 1.47 bits per heavy atom. The number of hydrogen-bond acceptors (Lipinski definition) is 4. The third kappa shape index (κ3) is 4.04. The second-order valence-corrected chi connectivity index (χ2v) is 9.50. The van der Waals surface area contributed by atoms with E-state index in [-0.39, 0.29) is 11.8 Å². The number of carbonyl (C=O) groups excluding carboxylic acids is 2. The zero-order valence-corrected chi connectivity index (χ0v) is 19.6. The van der Waals surface area contributed by atoms with Crippen LogP contribution >= 0.6 is 0 Å². The summed E-state index contributed by atoms with van der Waals surface area (Å²) in [7, 11) is 1.61. The van der Waals surface area contributed by atoms with Crippen LogP contribution in [0.4, 0.5) is 5.69 Å². The highest BCUT2D eigenvalue weighted by molar-refractivity contribution is 6.45. The van der Waals surface area contributed by atoms with E-state index in [1.807, 2.05) is 48.5 Å². The zero-order chi connectivity index (χ0) is 23.0. The summed E-state index contributed by atoms with van der Waals surface area (Å²) in [5.74, 6) is 1.52. The Balaban J connectivity index is 1.78. The number of imide groups is 1. The van der Waals surface area contributed by atoms with Gasteiger partial charge in [-0.25, -0.2) is 4.90 Å². The van der Waals surface area contributed by atoms with Crippen LogP contribution < -0.4 is 9.64 Å². The first-order valence-electron chi connectivity index (χ1n) is 11.4. The Labute approximate surface area is 190 Å². The first kappa shape index (κ1) is 22.1. The predicted octanol–water partition coefficient (Wildman–Crippen LogP) is 5.08. The van der Waals surface area contributed by atoms with Crippen molar-refractivity contribution in [3.63, 3.8) is 0 Å². The number of ether oxygens (including phenoxy) is 1. The molecule has 5 heteroatoms. The van der Waals surface area contributed by atoms with Crippen molar-refractivity contribution in [2.75, 3.05) is 25.1 Å². The largest absolute Gasteiger partial charge is 0.497 e. The number of methoxy groups -OCH3 is 1. The lowest BCUT2D eigenvalue weighted by atomic mass is 9.91. The highest BCUT2D eigenvalue weighted by Gasteiger charge is 2.43. The molecule has 4 rings (SSSR count). The minimum absolute atomic E-state index is 0.237. The average Bonchev–Trinajstić information content (AvgIpc) is 3.03. The van der Waals surface area contributed by atoms with Crippen molar-refractivity contribution in [2.24, 2.45) is 11.8 Å². The normalized spacial score (nSPS) is 21.7. The van der Waals surface area contributed by atoms with E-state index in [0.717, 1.165) is 25.1 Å². The number of rotatable bonds is 5. The molecule has 0 saturated carbocycles. The molecule has 2 aromatic carbocycles. The molecule has 2 aliphatic rings. The maximum Gasteiger partial charge on any atom is 0.282 e. The number of anilines is 1. The van der Waals surface area contributed by atoms with Crippen LogP contribution in [-0.2, 0) is 9.59 Å². The third-order valence-corrected chi connectivity index (χ3v) is 6.44. The Hall–Kier alpha value is -3.08. The molecular formula is C27H32N2O3. The zero-order valence-electron chi connectivity index (χ0n) is 19.6. The van der Waals surface area contributed by atoms with Gasteiger partial charge in [0.05, 0.1) is 18.4 Å². The molecular weight excluding hydrogens is 400 g/mol. The summed E-state index contributed by atoms with van der Waals surface area (Å²) in [6.45, 7) is 10.2. The van der Waals surface area contributed by atoms with Crippen molar-refractivity contribution in [3.8, 4) is 5.75 Å². The van der Waals surface area contributed by atoms with Crippen LogP contribution in [0.25, 0.3) is 5.57 Å². The highest BCUT2D eigenvalue weighted by atomic mass is 16.5. The molecule has 2 heterocycles. The van der Waals surface area contributed by atoms with Crippen LogP contribution in [0.2, 0.25) is 0 Å². The summed E-state index contributed by atoms with van der Waals surface area (Å²) in [4.78, 5) is 30.9. The van der Waals surface area contributed by atoms with E-state index in [1.165, 1.54) is 10.5 Å². The van der Waals surface area contributed by atoms with Gasteiger partial charge in [0.25, 0.3) is 11.8 Å². The monoisotopic (exact) mass is 432 g/mol. The minimum atomic E-state index is -0.265. The van der Waals surface area contributed by atoms with Gasteiger partial charge < -0.3 is 9.64 Å². The number of benzene rings is 2. The number of hydrogen-bond donors (Lipinski definition) is 0. The predicted molar refractivity (Wildman–Crippen MR) is 127 cm³/mol. The van der Waals surface area contributed by atoms with Gasteiger partial charge in [-0.15, -0.1) is 0 Å². The molecule has 0 radical (unpaired) electrons. The lowest BCUT2D eigenvalue weighted by molar-refractivity contribution is -0.120. The Kier molecular flexibility index (Phi) is 6.09. The SMILES string of the molecule is COc1ccc(C2=C(N3CC(C)CC(C)C3)C(=O)N(c3ccc(C(C)C)cc3)C2=O)cc1. The first-order chi connectivity index (χ1) is 15.3. The molecule has 0 spiro atoms. The average molecular weight is 433 g/mol. The molecule has 2 aliphatic heterocycles. The van der Waals surface area contributed by atoms with E-state index in [4.69, 9.17) is 4.74 Å². The van der Waals surface area contributed by atoms with Gasteiger partial charge in [0.1, 0.15) is 11.4 Å². The fourth-order valence-corrected chi connectivity index (χ4v) is 4.92. The number of likely N-dealkylation sites (tertiary alicyclic amines) is 1. The highest BCUT2D eigenvalue weighted by Crippen LogP contribution is 2.38. The van der Waals surface area contributed by atoms with Gasteiger partial charge in [-0.3, -0.25) is 9.59 Å². The van der Waals surface area contributed by atoms with E-state index in [2.05, 4.69) is 32.6 Å². The molecule has 2 amide bonds. The van der Waals surface area contributed by atoms with Crippen LogP contribution in [-0.4, -0.2) is 36.9 Å². The minimum Gasteiger partial charge on any atom is -0.497 e. The van der Waals surface area contributed by atoms with E-state index < -0.39 is 0 Å². The molecule has 2 atom stereocenters. The van der Waals surface area contributed by atoms with Crippen LogP contribution in [0, 0.1) is 11.8 Å². The molecule has 0 N–H and O–H groups in total. The van der Waals surface area contributed by atoms with Gasteiger partial charge in [-0.1, -0.05) is 52.0 Å². The molecule has 1 saturated heterocycles. The second-order valence-electron chi connectivity index (χ2n) is 9.50. The Morgan fingerprint density at radius 1 is 0.875 bits per heavy atom. The molecule has 1 fully saturated rings. The van der Waals surface area contributed by atoms with Gasteiger partial charge >= 0.3 is 0 Å². The van der Waals surface area contributed by atoms with Crippen molar-refractivity contribution in [1.29, 1.82) is 0 Å². The fraction of sp³-hybridized carbons (Fsp3) is 0.407. The van der Waals surface area contributed by atoms with Crippen LogP contribution in [0.15, 0.2) is 54.2 Å². The standard InChI is InChI=1S/C27H32N2O3/c1-17(2)20-6-10-22(11-7-20)29-26(30)24(21-8-12-23(32-5)13-9-21)25(27(29)31)28-15-18(3)14-19(4)16-28/h6-13,17-19H,14-16H2,1-5H3. The van der Waals surface area contributed by atoms with Crippen molar-refractivity contribution in [3.05, 3.63) is 65.4 Å². The molecule has 0 aliphatic carbocycles. The van der Waals surface area contributed by atoms with Crippen molar-refractivity contribution in [2.45, 2.75) is 40.0 Å². The number of piperidine rings is 1. The quantitative estimate of drug-likeness (QED) is 0.618. The summed E-state index contributed by atoms with van der Waals surface area (Å²) in [6, 6.07) is 15.1. The summed E-state index contributed by atoms with van der Waals surface area (Å²) in [5.41, 5.74) is 3.53. The molecule has 5 nitrogen and oxygen atoms in total. The van der Waals surface area contributed by atoms with Crippen LogP contribution in [0.1, 0.15) is 51.2 Å². The second kappa shape index (κ2) is 8.81. The van der Waals surface area contributed by atoms with E-state index in [1.54, 1.807) is 7.11 Å². The van der Waals surface area contributed by atoms with Crippen molar-refractivity contribution < 1.29 is 14.3 Å². The molecule has 0 bridgehead atoms. The fourth-order valence-electron chi connectivity index (χ4n) is 4.92. The van der Waals surface area contributed by atoms with Crippen LogP contribution in [0.3, 0.4) is 0 Å². The maximum absolute atomic E-state index is 13.7. The molecule has 0 aromatic heterocycles. The molecule has 32 heavy (non-hydrogen) atoms. The van der Waals surface area contributed by atoms with Gasteiger partial charge in [0.2, 0.25) is 0 Å². The Bertz CT molecular complexity index is 1030. The molecule has 2 unspecified atom stereocenters. The number of nitrogens with zero attached hydrogens (tertiary/aromatic N) is 2. The van der Waals surface area contributed by atoms with Gasteiger partial charge in [0, 0.05) is 13.1 Å². The third-order valence-electron chi connectivity index (χ3n) is 6.44. The van der Waals surface area contributed by atoms with E-state index in [9.17, 15) is 9.59 Å². The smallest absolute Gasteiger partial charge is 0.282 e. The number of carbonyl (C=O) groups is 2. The van der Waals surface area contributed by atoms with Gasteiger partial charge in [-0.05, 0) is 59.6 Å². The van der Waals surface area contributed by atoms with Crippen molar-refractivity contribution in [1.82, 2.24) is 4.90 Å². The van der Waals surface area contributed by atoms with E-state index in [0.29, 0.717) is 40.5 Å². The first-order valence-corrected chi connectivity index (χ1v) is 11.4. The summed E-state index contributed by atoms with van der Waals surface area (Å²) < 4.78 is 5.28. The van der Waals surface area contributed by atoms with Crippen molar-refractivity contribution >= 4 is 23.1 Å². The maximum atomic E-state index is 13.7. The lowest BCUT2D eigenvalue weighted by Crippen LogP contribution is -2.42. The van der Waals surface area contributed by atoms with Gasteiger partial charge in [-0.2, -0.15) is 0 Å². The topological polar surface area (TPSA) is 49.9 Å². The summed E-state index contributed by atoms with van der Waals surface area (Å²) >= 11 is 0. The Morgan fingerprint density at radius 3 is 2.00 bits per heavy atom.